The van der Waals surface area contributed by atoms with Gasteiger partial charge < -0.3 is 4.52 Å². The van der Waals surface area contributed by atoms with E-state index < -0.39 is 16.1 Å². The van der Waals surface area contributed by atoms with Crippen molar-refractivity contribution in [2.75, 3.05) is 0 Å². The molecule has 0 radical (unpaired) electrons. The highest BCUT2D eigenvalue weighted by Crippen LogP contribution is 2.19. The molecule has 1 heterocycles. The van der Waals surface area contributed by atoms with Gasteiger partial charge in [-0.3, -0.25) is 0 Å². The maximum absolute atomic E-state index is 13.0. The van der Waals surface area contributed by atoms with Gasteiger partial charge in [-0.15, -0.1) is 0 Å². The highest BCUT2D eigenvalue weighted by Gasteiger charge is 2.21. The second-order valence-corrected chi connectivity index (χ2v) is 7.30. The summed E-state index contributed by atoms with van der Waals surface area (Å²) in [6, 6.07) is 13.8. The minimum Gasteiger partial charge on any atom is -0.337 e. The molecule has 1 N–H and O–H groups in total. The Bertz CT molecular complexity index is 941. The first-order valence-electron chi connectivity index (χ1n) is 7.56. The minimum absolute atomic E-state index is 0.135. The highest BCUT2D eigenvalue weighted by molar-refractivity contribution is 7.88. The number of sulfonamides is 1. The second kappa shape index (κ2) is 7.12. The van der Waals surface area contributed by atoms with Crippen LogP contribution in [0, 0.1) is 5.82 Å². The molecule has 0 aliphatic carbocycles. The fourth-order valence-corrected chi connectivity index (χ4v) is 3.64. The summed E-state index contributed by atoms with van der Waals surface area (Å²) in [5.41, 5.74) is 1.26. The quantitative estimate of drug-likeness (QED) is 0.729. The number of hydrogen-bond acceptors (Lipinski definition) is 5. The Kier molecular flexibility index (Phi) is 4.91. The highest BCUT2D eigenvalue weighted by atomic mass is 32.2. The molecule has 1 atom stereocenters. The lowest BCUT2D eigenvalue weighted by molar-refractivity contribution is 0.353. The number of aromatic nitrogens is 2. The SMILES string of the molecule is C[C@H](NS(=O)(=O)Cc1ccccc1)c1nc(-c2ccc(F)cc2)no1. The summed E-state index contributed by atoms with van der Waals surface area (Å²) in [6.45, 7) is 1.62. The van der Waals surface area contributed by atoms with Gasteiger partial charge in [-0.25, -0.2) is 17.5 Å². The number of nitrogens with zero attached hydrogens (tertiary/aromatic N) is 2. The molecular weight excluding hydrogens is 345 g/mol. The van der Waals surface area contributed by atoms with Gasteiger partial charge in [0, 0.05) is 5.56 Å². The molecule has 0 bridgehead atoms. The molecule has 3 rings (SSSR count). The third kappa shape index (κ3) is 4.49. The molecule has 2 aromatic carbocycles. The Morgan fingerprint density at radius 2 is 1.80 bits per heavy atom. The van der Waals surface area contributed by atoms with E-state index in [-0.39, 0.29) is 23.3 Å². The molecule has 25 heavy (non-hydrogen) atoms. The first-order chi connectivity index (χ1) is 11.9. The molecule has 0 unspecified atom stereocenters. The fourth-order valence-electron chi connectivity index (χ4n) is 2.28. The molecule has 0 saturated carbocycles. The lowest BCUT2D eigenvalue weighted by Crippen LogP contribution is -2.28. The Labute approximate surface area is 144 Å². The normalized spacial score (nSPS) is 12.9. The van der Waals surface area contributed by atoms with Crippen molar-refractivity contribution in [3.05, 3.63) is 71.9 Å². The van der Waals surface area contributed by atoms with Gasteiger partial charge in [0.1, 0.15) is 5.82 Å². The van der Waals surface area contributed by atoms with Gasteiger partial charge in [-0.2, -0.15) is 4.98 Å². The fraction of sp³-hybridized carbons (Fsp3) is 0.176. The number of benzene rings is 2. The molecule has 3 aromatic rings. The number of halogens is 1. The first-order valence-corrected chi connectivity index (χ1v) is 9.22. The summed E-state index contributed by atoms with van der Waals surface area (Å²) in [7, 11) is -3.57. The van der Waals surface area contributed by atoms with Crippen molar-refractivity contribution in [1.29, 1.82) is 0 Å². The van der Waals surface area contributed by atoms with Gasteiger partial charge in [0.25, 0.3) is 0 Å². The number of hydrogen-bond donors (Lipinski definition) is 1. The van der Waals surface area contributed by atoms with Crippen LogP contribution in [0.25, 0.3) is 11.4 Å². The standard InChI is InChI=1S/C17H16FN3O3S/c1-12(21-25(22,23)11-13-5-3-2-4-6-13)17-19-16(20-24-17)14-7-9-15(18)10-8-14/h2-10,12,21H,11H2,1H3/t12-/m0/s1. The molecular formula is C17H16FN3O3S. The van der Waals surface area contributed by atoms with Crippen LogP contribution in [0.1, 0.15) is 24.4 Å². The lowest BCUT2D eigenvalue weighted by Gasteiger charge is -2.10. The summed E-state index contributed by atoms with van der Waals surface area (Å²) in [5, 5.41) is 3.81. The second-order valence-electron chi connectivity index (χ2n) is 5.55. The van der Waals surface area contributed by atoms with Gasteiger partial charge in [-0.1, -0.05) is 35.5 Å². The molecule has 0 fully saturated rings. The number of rotatable bonds is 6. The molecule has 1 aromatic heterocycles. The van der Waals surface area contributed by atoms with Gasteiger partial charge in [0.15, 0.2) is 0 Å². The predicted octanol–water partition coefficient (Wildman–Crippen LogP) is 3.06. The van der Waals surface area contributed by atoms with E-state index in [9.17, 15) is 12.8 Å². The Hall–Kier alpha value is -2.58. The van der Waals surface area contributed by atoms with Crippen LogP contribution in [-0.2, 0) is 15.8 Å². The van der Waals surface area contributed by atoms with Crippen molar-refractivity contribution in [1.82, 2.24) is 14.9 Å². The summed E-state index contributed by atoms with van der Waals surface area (Å²) in [4.78, 5) is 4.17. The van der Waals surface area contributed by atoms with Crippen LogP contribution >= 0.6 is 0 Å². The summed E-state index contributed by atoms with van der Waals surface area (Å²) in [6.07, 6.45) is 0. The molecule has 0 spiro atoms. The van der Waals surface area contributed by atoms with Crippen LogP contribution in [0.5, 0.6) is 0 Å². The average Bonchev–Trinajstić information content (AvgIpc) is 3.06. The number of nitrogens with one attached hydrogen (secondary N) is 1. The van der Waals surface area contributed by atoms with Crippen molar-refractivity contribution < 1.29 is 17.3 Å². The Balaban J connectivity index is 1.71. The van der Waals surface area contributed by atoms with E-state index in [0.29, 0.717) is 11.1 Å². The maximum atomic E-state index is 13.0. The molecule has 8 heteroatoms. The zero-order chi connectivity index (χ0) is 17.9. The van der Waals surface area contributed by atoms with Gasteiger partial charge >= 0.3 is 0 Å². The average molecular weight is 361 g/mol. The summed E-state index contributed by atoms with van der Waals surface area (Å²) < 4.78 is 45.1. The zero-order valence-corrected chi connectivity index (χ0v) is 14.2. The van der Waals surface area contributed by atoms with E-state index in [4.69, 9.17) is 4.52 Å². The summed E-state index contributed by atoms with van der Waals surface area (Å²) >= 11 is 0. The van der Waals surface area contributed by atoms with Crippen molar-refractivity contribution in [3.63, 3.8) is 0 Å². The first kappa shape index (κ1) is 17.2. The van der Waals surface area contributed by atoms with Crippen molar-refractivity contribution in [2.45, 2.75) is 18.7 Å². The van der Waals surface area contributed by atoms with Crippen LogP contribution in [0.3, 0.4) is 0 Å². The van der Waals surface area contributed by atoms with Crippen LogP contribution in [0.2, 0.25) is 0 Å². The lowest BCUT2D eigenvalue weighted by atomic mass is 10.2. The van der Waals surface area contributed by atoms with E-state index in [0.717, 1.165) is 0 Å². The van der Waals surface area contributed by atoms with E-state index >= 15 is 0 Å². The molecule has 0 aliphatic rings. The van der Waals surface area contributed by atoms with Gasteiger partial charge in [0.05, 0.1) is 11.8 Å². The van der Waals surface area contributed by atoms with Crippen LogP contribution < -0.4 is 4.72 Å². The monoisotopic (exact) mass is 361 g/mol. The van der Waals surface area contributed by atoms with Crippen molar-refractivity contribution in [2.24, 2.45) is 0 Å². The molecule has 0 aliphatic heterocycles. The third-order valence-corrected chi connectivity index (χ3v) is 4.90. The van der Waals surface area contributed by atoms with E-state index in [2.05, 4.69) is 14.9 Å². The van der Waals surface area contributed by atoms with E-state index in [1.165, 1.54) is 24.3 Å². The Morgan fingerprint density at radius 3 is 2.48 bits per heavy atom. The summed E-state index contributed by atoms with van der Waals surface area (Å²) in [5.74, 6) is -0.105. The molecule has 6 nitrogen and oxygen atoms in total. The van der Waals surface area contributed by atoms with Gasteiger partial charge in [-0.05, 0) is 36.8 Å². The van der Waals surface area contributed by atoms with Crippen molar-refractivity contribution in [3.8, 4) is 11.4 Å². The Morgan fingerprint density at radius 1 is 1.12 bits per heavy atom. The van der Waals surface area contributed by atoms with E-state index in [1.807, 2.05) is 6.07 Å². The molecule has 130 valence electrons. The zero-order valence-electron chi connectivity index (χ0n) is 13.4. The topological polar surface area (TPSA) is 85.1 Å². The van der Waals surface area contributed by atoms with Crippen LogP contribution in [0.15, 0.2) is 59.1 Å². The smallest absolute Gasteiger partial charge is 0.244 e. The van der Waals surface area contributed by atoms with Crippen LogP contribution in [-0.4, -0.2) is 18.6 Å². The minimum atomic E-state index is -3.57. The van der Waals surface area contributed by atoms with Gasteiger partial charge in [0.2, 0.25) is 21.7 Å². The van der Waals surface area contributed by atoms with Crippen molar-refractivity contribution >= 4 is 10.0 Å². The third-order valence-electron chi connectivity index (χ3n) is 3.47. The molecule has 0 amide bonds. The van der Waals surface area contributed by atoms with Crippen LogP contribution in [0.4, 0.5) is 4.39 Å². The largest absolute Gasteiger partial charge is 0.337 e. The van der Waals surface area contributed by atoms with E-state index in [1.54, 1.807) is 31.2 Å². The predicted molar refractivity (Wildman–Crippen MR) is 90.3 cm³/mol. The molecule has 0 saturated heterocycles. The maximum Gasteiger partial charge on any atom is 0.244 e.